The highest BCUT2D eigenvalue weighted by Gasteiger charge is 2.42. The fourth-order valence-corrected chi connectivity index (χ4v) is 6.70. The van der Waals surface area contributed by atoms with Crippen molar-refractivity contribution in [1.82, 2.24) is 19.9 Å². The Bertz CT molecular complexity index is 1550. The van der Waals surface area contributed by atoms with Gasteiger partial charge in [0.1, 0.15) is 5.75 Å². The highest BCUT2D eigenvalue weighted by Crippen LogP contribution is 2.42. The summed E-state index contributed by atoms with van der Waals surface area (Å²) in [4.78, 5) is 15.6. The summed E-state index contributed by atoms with van der Waals surface area (Å²) in [6, 6.07) is 28.4. The number of nitrogens with zero attached hydrogens (tertiary/aromatic N) is 4. The molecular weight excluding hydrogens is 520 g/mol. The van der Waals surface area contributed by atoms with Crippen LogP contribution in [0.15, 0.2) is 104 Å². The zero-order chi connectivity index (χ0) is 28.9. The van der Waals surface area contributed by atoms with E-state index in [2.05, 4.69) is 51.0 Å². The number of rotatable bonds is 6. The summed E-state index contributed by atoms with van der Waals surface area (Å²) < 4.78 is 5.36. The van der Waals surface area contributed by atoms with Crippen LogP contribution < -0.4 is 4.74 Å². The van der Waals surface area contributed by atoms with Crippen LogP contribution in [-0.4, -0.2) is 51.2 Å². The summed E-state index contributed by atoms with van der Waals surface area (Å²) in [6.07, 6.45) is 8.51. The Labute approximate surface area is 248 Å². The van der Waals surface area contributed by atoms with Gasteiger partial charge in [-0.3, -0.25) is 9.88 Å². The Morgan fingerprint density at radius 2 is 1.64 bits per heavy atom. The molecule has 0 spiro atoms. The predicted octanol–water partition coefficient (Wildman–Crippen LogP) is 7.21. The van der Waals surface area contributed by atoms with Crippen LogP contribution in [0.25, 0.3) is 33.4 Å². The van der Waals surface area contributed by atoms with Crippen molar-refractivity contribution in [1.29, 1.82) is 0 Å². The lowest BCUT2D eigenvalue weighted by Gasteiger charge is -2.51. The first-order valence-corrected chi connectivity index (χ1v) is 14.9. The number of hydrogen-bond donors (Lipinski definition) is 1. The van der Waals surface area contributed by atoms with Gasteiger partial charge in [0.2, 0.25) is 0 Å². The summed E-state index contributed by atoms with van der Waals surface area (Å²) in [5.41, 5.74) is 5.29. The molecule has 3 aliphatic rings. The van der Waals surface area contributed by atoms with E-state index in [1.807, 2.05) is 60.7 Å². The van der Waals surface area contributed by atoms with Crippen molar-refractivity contribution in [3.63, 3.8) is 0 Å². The monoisotopic (exact) mass is 558 g/mol. The number of aromatic nitrogens is 3. The molecule has 0 saturated carbocycles. The van der Waals surface area contributed by atoms with Gasteiger partial charge >= 0.3 is 0 Å². The highest BCUT2D eigenvalue weighted by atomic mass is 16.5. The van der Waals surface area contributed by atoms with Crippen molar-refractivity contribution in [2.24, 2.45) is 11.8 Å². The molecule has 3 fully saturated rings. The van der Waals surface area contributed by atoms with Crippen LogP contribution in [0.2, 0.25) is 0 Å². The van der Waals surface area contributed by atoms with E-state index < -0.39 is 6.10 Å². The molecule has 3 saturated heterocycles. The molecule has 3 unspecified atom stereocenters. The van der Waals surface area contributed by atoms with Crippen LogP contribution in [0.1, 0.15) is 37.9 Å². The molecule has 214 valence electrons. The number of methoxy groups -OCH3 is 1. The highest BCUT2D eigenvalue weighted by molar-refractivity contribution is 5.84. The normalized spacial score (nSPS) is 21.8. The third-order valence-corrected chi connectivity index (χ3v) is 8.94. The fourth-order valence-electron chi connectivity index (χ4n) is 6.70. The van der Waals surface area contributed by atoms with E-state index in [9.17, 15) is 5.11 Å². The second-order valence-corrected chi connectivity index (χ2v) is 11.2. The minimum Gasteiger partial charge on any atom is -0.497 e. The van der Waals surface area contributed by atoms with Gasteiger partial charge in [0.15, 0.2) is 5.82 Å². The molecule has 3 aromatic carbocycles. The zero-order valence-electron chi connectivity index (χ0n) is 24.3. The van der Waals surface area contributed by atoms with Crippen LogP contribution in [0, 0.1) is 11.8 Å². The predicted molar refractivity (Wildman–Crippen MR) is 168 cm³/mol. The SMILES string of the molecule is CC[C@@H]1CN2CCC1C[C@H]2C(O)c1ccnc2ccc(OC)cc12.c1ccc(-c2ccccc2-c2ncccn2)cc1. The van der Waals surface area contributed by atoms with Crippen molar-refractivity contribution in [3.05, 3.63) is 109 Å². The molecule has 5 aromatic rings. The molecule has 1 N–H and O–H groups in total. The zero-order valence-corrected chi connectivity index (χ0v) is 24.3. The number of pyridine rings is 1. The second-order valence-electron chi connectivity index (χ2n) is 11.2. The van der Waals surface area contributed by atoms with Crippen molar-refractivity contribution >= 4 is 10.9 Å². The average molecular weight is 559 g/mol. The van der Waals surface area contributed by atoms with Gasteiger partial charge in [-0.1, -0.05) is 67.9 Å². The first-order valence-electron chi connectivity index (χ1n) is 14.9. The van der Waals surface area contributed by atoms with E-state index in [-0.39, 0.29) is 6.04 Å². The molecule has 0 radical (unpaired) electrons. The molecule has 42 heavy (non-hydrogen) atoms. The molecule has 3 aliphatic heterocycles. The summed E-state index contributed by atoms with van der Waals surface area (Å²) in [5, 5.41) is 12.2. The van der Waals surface area contributed by atoms with E-state index in [0.717, 1.165) is 70.5 Å². The van der Waals surface area contributed by atoms with Gasteiger partial charge in [0.05, 0.1) is 18.7 Å². The van der Waals surface area contributed by atoms with Gasteiger partial charge in [0, 0.05) is 42.1 Å². The lowest BCUT2D eigenvalue weighted by molar-refractivity contribution is -0.0562. The lowest BCUT2D eigenvalue weighted by Crippen LogP contribution is -2.55. The molecule has 5 heterocycles. The van der Waals surface area contributed by atoms with Crippen LogP contribution in [0.5, 0.6) is 5.75 Å². The third kappa shape index (κ3) is 5.78. The van der Waals surface area contributed by atoms with E-state index in [1.54, 1.807) is 25.7 Å². The maximum absolute atomic E-state index is 11.2. The van der Waals surface area contributed by atoms with Crippen LogP contribution in [-0.2, 0) is 0 Å². The van der Waals surface area contributed by atoms with Crippen molar-refractivity contribution < 1.29 is 9.84 Å². The van der Waals surface area contributed by atoms with E-state index >= 15 is 0 Å². The number of ether oxygens (including phenoxy) is 1. The molecule has 5 atom stereocenters. The van der Waals surface area contributed by atoms with Crippen LogP contribution in [0.4, 0.5) is 0 Å². The number of aliphatic hydroxyl groups excluding tert-OH is 1. The molecule has 8 rings (SSSR count). The second kappa shape index (κ2) is 12.8. The third-order valence-electron chi connectivity index (χ3n) is 8.94. The molecule has 6 nitrogen and oxygen atoms in total. The van der Waals surface area contributed by atoms with E-state index in [4.69, 9.17) is 4.74 Å². The van der Waals surface area contributed by atoms with Crippen LogP contribution in [0.3, 0.4) is 0 Å². The minimum atomic E-state index is -0.469. The van der Waals surface area contributed by atoms with Crippen molar-refractivity contribution in [2.45, 2.75) is 38.3 Å². The average Bonchev–Trinajstić information content (AvgIpc) is 3.08. The van der Waals surface area contributed by atoms with E-state index in [1.165, 1.54) is 18.4 Å². The quantitative estimate of drug-likeness (QED) is 0.238. The summed E-state index contributed by atoms with van der Waals surface area (Å²) >= 11 is 0. The largest absolute Gasteiger partial charge is 0.497 e. The lowest BCUT2D eigenvalue weighted by atomic mass is 9.72. The van der Waals surface area contributed by atoms with Gasteiger partial charge in [0.25, 0.3) is 0 Å². The number of piperidine rings is 3. The maximum Gasteiger partial charge on any atom is 0.159 e. The van der Waals surface area contributed by atoms with E-state index in [0.29, 0.717) is 0 Å². The van der Waals surface area contributed by atoms with Crippen LogP contribution >= 0.6 is 0 Å². The summed E-state index contributed by atoms with van der Waals surface area (Å²) in [6.45, 7) is 4.55. The van der Waals surface area contributed by atoms with Crippen molar-refractivity contribution in [3.8, 4) is 28.3 Å². The number of aliphatic hydroxyl groups is 1. The number of hydrogen-bond acceptors (Lipinski definition) is 6. The van der Waals surface area contributed by atoms with Gasteiger partial charge in [-0.25, -0.2) is 9.97 Å². The van der Waals surface area contributed by atoms with Gasteiger partial charge in [-0.15, -0.1) is 0 Å². The molecule has 6 heteroatoms. The molecule has 2 aromatic heterocycles. The first-order chi connectivity index (χ1) is 20.7. The molecular formula is C36H38N4O2. The number of benzene rings is 3. The topological polar surface area (TPSA) is 71.4 Å². The Morgan fingerprint density at radius 3 is 2.36 bits per heavy atom. The number of fused-ring (bicyclic) bond motifs is 4. The molecule has 0 amide bonds. The Hall–Kier alpha value is -4.13. The summed E-state index contributed by atoms with van der Waals surface area (Å²) in [5.74, 6) is 3.14. The maximum atomic E-state index is 11.2. The fraction of sp³-hybridized carbons (Fsp3) is 0.306. The van der Waals surface area contributed by atoms with Gasteiger partial charge in [-0.2, -0.15) is 0 Å². The van der Waals surface area contributed by atoms with Gasteiger partial charge < -0.3 is 9.84 Å². The Kier molecular flexibility index (Phi) is 8.54. The van der Waals surface area contributed by atoms with Crippen molar-refractivity contribution in [2.75, 3.05) is 20.2 Å². The first kappa shape index (κ1) is 28.0. The molecule has 0 aliphatic carbocycles. The Morgan fingerprint density at radius 1 is 0.881 bits per heavy atom. The molecule has 2 bridgehead atoms. The minimum absolute atomic E-state index is 0.225. The van der Waals surface area contributed by atoms with Gasteiger partial charge in [-0.05, 0) is 78.2 Å². The smallest absolute Gasteiger partial charge is 0.159 e. The Balaban J connectivity index is 0.000000157. The summed E-state index contributed by atoms with van der Waals surface area (Å²) in [7, 11) is 1.67. The standard InChI is InChI=1S/C20H26N2O2.C16H12N2/c1-3-13-12-22-9-7-14(13)10-19(22)20(23)16-6-8-21-18-5-4-15(24-2)11-17(16)18;1-2-7-13(8-3-1)14-9-4-5-10-15(14)16-17-11-6-12-18-16/h4-6,8,11,13-14,19-20,23H,3,7,9-10,12H2,1-2H3;1-12H/t13-,14?,19+,20?;/m1./s1.